The Bertz CT molecular complexity index is 1080. The Hall–Kier alpha value is -3.64. The molecule has 1 aromatic heterocycles. The molecule has 0 saturated carbocycles. The fourth-order valence-electron chi connectivity index (χ4n) is 2.45. The Morgan fingerprint density at radius 3 is 2.61 bits per heavy atom. The van der Waals surface area contributed by atoms with Crippen molar-refractivity contribution in [3.8, 4) is 34.7 Å². The molecule has 142 valence electrons. The second kappa shape index (κ2) is 8.83. The lowest BCUT2D eigenvalue weighted by atomic mass is 10.2. The molecule has 1 N–H and O–H groups in total. The maximum absolute atomic E-state index is 8.55. The van der Waals surface area contributed by atoms with Gasteiger partial charge in [0.05, 0.1) is 26.0 Å². The molecular formula is C19H17N5O3S. The first kappa shape index (κ1) is 19.1. The molecule has 2 aromatic carbocycles. The number of benzene rings is 2. The number of ether oxygens (including phenoxy) is 3. The van der Waals surface area contributed by atoms with Crippen LogP contribution in [0, 0.1) is 16.1 Å². The van der Waals surface area contributed by atoms with Crippen LogP contribution in [0.4, 0.5) is 0 Å². The van der Waals surface area contributed by atoms with Crippen LogP contribution in [0.1, 0.15) is 5.56 Å². The van der Waals surface area contributed by atoms with Crippen molar-refractivity contribution in [3.05, 3.63) is 52.8 Å². The van der Waals surface area contributed by atoms with Crippen LogP contribution in [-0.4, -0.2) is 41.9 Å². The summed E-state index contributed by atoms with van der Waals surface area (Å²) in [7, 11) is 3.16. The highest BCUT2D eigenvalue weighted by Crippen LogP contribution is 2.32. The van der Waals surface area contributed by atoms with Crippen molar-refractivity contribution in [1.29, 1.82) is 5.26 Å². The van der Waals surface area contributed by atoms with Crippen LogP contribution in [0.25, 0.3) is 11.4 Å². The SMILES string of the molecule is COc1ccc(-c2n[nH]c(=S)n2/N=C\c2ccc(OCC#N)cc2)c(OC)c1. The number of rotatable bonds is 7. The van der Waals surface area contributed by atoms with E-state index in [0.29, 0.717) is 33.4 Å². The number of H-pyrrole nitrogens is 1. The number of nitriles is 1. The lowest BCUT2D eigenvalue weighted by Crippen LogP contribution is -1.98. The lowest BCUT2D eigenvalue weighted by molar-refractivity contribution is 0.368. The zero-order valence-electron chi connectivity index (χ0n) is 15.2. The minimum atomic E-state index is 0.00463. The zero-order chi connectivity index (χ0) is 19.9. The van der Waals surface area contributed by atoms with Crippen LogP contribution >= 0.6 is 12.2 Å². The van der Waals surface area contributed by atoms with Gasteiger partial charge in [-0.2, -0.15) is 20.1 Å². The van der Waals surface area contributed by atoms with Gasteiger partial charge in [0.15, 0.2) is 12.4 Å². The average molecular weight is 395 g/mol. The van der Waals surface area contributed by atoms with Crippen molar-refractivity contribution in [2.75, 3.05) is 20.8 Å². The Balaban J connectivity index is 1.91. The maximum Gasteiger partial charge on any atom is 0.216 e. The van der Waals surface area contributed by atoms with Gasteiger partial charge in [-0.15, -0.1) is 0 Å². The minimum Gasteiger partial charge on any atom is -0.497 e. The summed E-state index contributed by atoms with van der Waals surface area (Å²) in [5.74, 6) is 2.38. The van der Waals surface area contributed by atoms with E-state index in [9.17, 15) is 0 Å². The number of aromatic nitrogens is 3. The van der Waals surface area contributed by atoms with Crippen LogP contribution in [0.5, 0.6) is 17.2 Å². The van der Waals surface area contributed by atoms with Crippen LogP contribution < -0.4 is 14.2 Å². The largest absolute Gasteiger partial charge is 0.497 e. The van der Waals surface area contributed by atoms with Gasteiger partial charge in [0.25, 0.3) is 0 Å². The van der Waals surface area contributed by atoms with E-state index in [1.165, 1.54) is 4.68 Å². The first-order valence-corrected chi connectivity index (χ1v) is 8.61. The number of hydrogen-bond acceptors (Lipinski definition) is 7. The van der Waals surface area contributed by atoms with Crippen molar-refractivity contribution < 1.29 is 14.2 Å². The fourth-order valence-corrected chi connectivity index (χ4v) is 2.63. The molecule has 0 aliphatic carbocycles. The van der Waals surface area contributed by atoms with E-state index in [4.69, 9.17) is 31.7 Å². The molecule has 0 spiro atoms. The topological polar surface area (TPSA) is 97.5 Å². The lowest BCUT2D eigenvalue weighted by Gasteiger charge is -2.09. The quantitative estimate of drug-likeness (QED) is 0.486. The van der Waals surface area contributed by atoms with Crippen LogP contribution in [0.3, 0.4) is 0 Å². The highest BCUT2D eigenvalue weighted by molar-refractivity contribution is 7.71. The van der Waals surface area contributed by atoms with Crippen molar-refractivity contribution in [1.82, 2.24) is 14.9 Å². The van der Waals surface area contributed by atoms with E-state index in [2.05, 4.69) is 15.3 Å². The fraction of sp³-hybridized carbons (Fsp3) is 0.158. The Morgan fingerprint density at radius 1 is 1.18 bits per heavy atom. The number of methoxy groups -OCH3 is 2. The predicted octanol–water partition coefficient (Wildman–Crippen LogP) is 3.41. The molecule has 9 heteroatoms. The molecule has 8 nitrogen and oxygen atoms in total. The highest BCUT2D eigenvalue weighted by atomic mass is 32.1. The highest BCUT2D eigenvalue weighted by Gasteiger charge is 2.14. The maximum atomic E-state index is 8.55. The van der Waals surface area contributed by atoms with E-state index >= 15 is 0 Å². The van der Waals surface area contributed by atoms with Crippen molar-refractivity contribution in [3.63, 3.8) is 0 Å². The van der Waals surface area contributed by atoms with Gasteiger partial charge in [0, 0.05) is 6.07 Å². The molecule has 0 unspecified atom stereocenters. The third-order valence-corrected chi connectivity index (χ3v) is 4.07. The summed E-state index contributed by atoms with van der Waals surface area (Å²) in [6, 6.07) is 14.5. The van der Waals surface area contributed by atoms with E-state index in [-0.39, 0.29) is 6.61 Å². The summed E-state index contributed by atoms with van der Waals surface area (Å²) in [5.41, 5.74) is 1.55. The molecule has 1 heterocycles. The average Bonchev–Trinajstić information content (AvgIpc) is 3.11. The summed E-state index contributed by atoms with van der Waals surface area (Å²) < 4.78 is 17.8. The monoisotopic (exact) mass is 395 g/mol. The van der Waals surface area contributed by atoms with Crippen molar-refractivity contribution in [2.45, 2.75) is 0 Å². The van der Waals surface area contributed by atoms with E-state index in [0.717, 1.165) is 5.56 Å². The van der Waals surface area contributed by atoms with E-state index in [1.54, 1.807) is 38.6 Å². The molecule has 28 heavy (non-hydrogen) atoms. The molecule has 3 rings (SSSR count). The Kier molecular flexibility index (Phi) is 6.04. The van der Waals surface area contributed by atoms with Gasteiger partial charge in [-0.1, -0.05) is 0 Å². The minimum absolute atomic E-state index is 0.00463. The predicted molar refractivity (Wildman–Crippen MR) is 106 cm³/mol. The molecule has 0 aliphatic rings. The van der Waals surface area contributed by atoms with Crippen molar-refractivity contribution >= 4 is 18.4 Å². The van der Waals surface area contributed by atoms with Crippen LogP contribution in [0.2, 0.25) is 0 Å². The molecule has 0 fully saturated rings. The number of hydrogen-bond donors (Lipinski definition) is 1. The second-order valence-electron chi connectivity index (χ2n) is 5.49. The molecule has 0 amide bonds. The molecule has 3 aromatic rings. The Morgan fingerprint density at radius 2 is 1.93 bits per heavy atom. The Labute approximate surface area is 166 Å². The normalized spacial score (nSPS) is 10.6. The molecule has 0 aliphatic heterocycles. The molecule has 0 saturated heterocycles. The summed E-state index contributed by atoms with van der Waals surface area (Å²) >= 11 is 5.30. The van der Waals surface area contributed by atoms with Crippen LogP contribution in [-0.2, 0) is 0 Å². The molecule has 0 atom stereocenters. The summed E-state index contributed by atoms with van der Waals surface area (Å²) in [6.45, 7) is 0.00463. The van der Waals surface area contributed by atoms with Crippen LogP contribution in [0.15, 0.2) is 47.6 Å². The first-order valence-electron chi connectivity index (χ1n) is 8.20. The first-order chi connectivity index (χ1) is 13.7. The van der Waals surface area contributed by atoms with Gasteiger partial charge >= 0.3 is 0 Å². The molecule has 0 bridgehead atoms. The van der Waals surface area contributed by atoms with Gasteiger partial charge in [0.1, 0.15) is 23.3 Å². The van der Waals surface area contributed by atoms with Gasteiger partial charge in [-0.25, -0.2) is 5.10 Å². The van der Waals surface area contributed by atoms with Crippen molar-refractivity contribution in [2.24, 2.45) is 5.10 Å². The second-order valence-corrected chi connectivity index (χ2v) is 5.88. The standard InChI is InChI=1S/C19H17N5O3S/c1-25-15-7-8-16(17(11-15)26-2)18-22-23-19(28)24(18)21-12-13-3-5-14(6-4-13)27-10-9-20/h3-8,11-12H,10H2,1-2H3,(H,23,28)/b21-12-. The summed E-state index contributed by atoms with van der Waals surface area (Å²) in [6.07, 6.45) is 1.65. The number of nitrogens with one attached hydrogen (secondary N) is 1. The smallest absolute Gasteiger partial charge is 0.216 e. The summed E-state index contributed by atoms with van der Waals surface area (Å²) in [4.78, 5) is 0. The molecular weight excluding hydrogens is 378 g/mol. The van der Waals surface area contributed by atoms with Gasteiger partial charge in [-0.05, 0) is 54.2 Å². The number of aromatic amines is 1. The summed E-state index contributed by atoms with van der Waals surface area (Å²) in [5, 5.41) is 20.0. The van der Waals surface area contributed by atoms with Gasteiger partial charge < -0.3 is 14.2 Å². The van der Waals surface area contributed by atoms with Gasteiger partial charge in [-0.3, -0.25) is 0 Å². The third kappa shape index (κ3) is 4.19. The van der Waals surface area contributed by atoms with E-state index in [1.807, 2.05) is 30.3 Å². The van der Waals surface area contributed by atoms with Gasteiger partial charge in [0.2, 0.25) is 4.77 Å². The molecule has 0 radical (unpaired) electrons. The zero-order valence-corrected chi connectivity index (χ0v) is 16.1. The third-order valence-electron chi connectivity index (χ3n) is 3.81. The van der Waals surface area contributed by atoms with E-state index < -0.39 is 0 Å². The number of nitrogens with zero attached hydrogens (tertiary/aromatic N) is 4.